The Morgan fingerprint density at radius 1 is 1.30 bits per heavy atom. The van der Waals surface area contributed by atoms with Crippen LogP contribution in [0.1, 0.15) is 25.7 Å². The van der Waals surface area contributed by atoms with Crippen LogP contribution in [-0.4, -0.2) is 22.1 Å². The van der Waals surface area contributed by atoms with E-state index in [1.54, 1.807) is 18.2 Å². The van der Waals surface area contributed by atoms with Gasteiger partial charge < -0.3 is 14.8 Å². The number of aromatic amines is 1. The number of benzene rings is 1. The topological polar surface area (TPSA) is 95.3 Å². The number of fused-ring (bicyclic) bond motifs is 1. The van der Waals surface area contributed by atoms with Gasteiger partial charge in [-0.1, -0.05) is 0 Å². The second kappa shape index (κ2) is 5.13. The van der Waals surface area contributed by atoms with Crippen LogP contribution in [0.15, 0.2) is 27.4 Å². The first-order valence-corrected chi connectivity index (χ1v) is 6.73. The molecule has 6 heteroatoms. The summed E-state index contributed by atoms with van der Waals surface area (Å²) in [4.78, 5) is 25.7. The smallest absolute Gasteiger partial charge is 0.408 e. The lowest BCUT2D eigenvalue weighted by Gasteiger charge is -2.24. The van der Waals surface area contributed by atoms with Crippen molar-refractivity contribution in [1.82, 2.24) is 4.98 Å². The van der Waals surface area contributed by atoms with Gasteiger partial charge in [0, 0.05) is 17.7 Å². The van der Waals surface area contributed by atoms with Gasteiger partial charge >= 0.3 is 5.76 Å². The molecule has 0 saturated heterocycles. The molecule has 0 unspecified atom stereocenters. The number of carbonyl (C=O) groups excluding carboxylic acids is 1. The minimum absolute atomic E-state index is 0.0471. The lowest BCUT2D eigenvalue weighted by molar-refractivity contribution is -0.121. The second-order valence-corrected chi connectivity index (χ2v) is 5.22. The SMILES string of the molecule is O=C(Nc1ccc2[nH]c(=O)oc2c1)C1CCC(O)CC1. The molecule has 20 heavy (non-hydrogen) atoms. The van der Waals surface area contributed by atoms with Crippen molar-refractivity contribution in [2.75, 3.05) is 5.32 Å². The van der Waals surface area contributed by atoms with Gasteiger partial charge in [-0.15, -0.1) is 0 Å². The molecule has 3 N–H and O–H groups in total. The quantitative estimate of drug-likeness (QED) is 0.776. The van der Waals surface area contributed by atoms with E-state index in [-0.39, 0.29) is 17.9 Å². The fourth-order valence-electron chi connectivity index (χ4n) is 2.61. The Morgan fingerprint density at radius 3 is 2.80 bits per heavy atom. The molecule has 3 rings (SSSR count). The van der Waals surface area contributed by atoms with Gasteiger partial charge in [0.2, 0.25) is 5.91 Å². The molecule has 1 amide bonds. The van der Waals surface area contributed by atoms with Crippen LogP contribution in [0, 0.1) is 5.92 Å². The van der Waals surface area contributed by atoms with E-state index >= 15 is 0 Å². The van der Waals surface area contributed by atoms with Crippen LogP contribution in [0.5, 0.6) is 0 Å². The minimum atomic E-state index is -0.509. The molecule has 2 aromatic rings. The number of H-pyrrole nitrogens is 1. The van der Waals surface area contributed by atoms with Crippen LogP contribution in [0.3, 0.4) is 0 Å². The van der Waals surface area contributed by atoms with Crippen LogP contribution < -0.4 is 11.1 Å². The van der Waals surface area contributed by atoms with Crippen molar-refractivity contribution in [2.24, 2.45) is 5.92 Å². The van der Waals surface area contributed by atoms with Gasteiger partial charge in [-0.25, -0.2) is 4.79 Å². The third-order valence-electron chi connectivity index (χ3n) is 3.76. The minimum Gasteiger partial charge on any atom is -0.408 e. The van der Waals surface area contributed by atoms with Gasteiger partial charge in [0.1, 0.15) is 0 Å². The third-order valence-corrected chi connectivity index (χ3v) is 3.76. The molecule has 1 fully saturated rings. The van der Waals surface area contributed by atoms with Crippen molar-refractivity contribution >= 4 is 22.7 Å². The van der Waals surface area contributed by atoms with Crippen LogP contribution in [0.2, 0.25) is 0 Å². The molecule has 0 bridgehead atoms. The molecule has 106 valence electrons. The van der Waals surface area contributed by atoms with Crippen molar-refractivity contribution in [2.45, 2.75) is 31.8 Å². The summed E-state index contributed by atoms with van der Waals surface area (Å²) in [6.45, 7) is 0. The molecule has 1 aliphatic rings. The number of hydrogen-bond acceptors (Lipinski definition) is 4. The lowest BCUT2D eigenvalue weighted by Crippen LogP contribution is -2.28. The Morgan fingerprint density at radius 2 is 2.05 bits per heavy atom. The number of oxazole rings is 1. The Balaban J connectivity index is 1.72. The van der Waals surface area contributed by atoms with Crippen LogP contribution in [0.25, 0.3) is 11.1 Å². The number of nitrogens with one attached hydrogen (secondary N) is 2. The number of rotatable bonds is 2. The highest BCUT2D eigenvalue weighted by Crippen LogP contribution is 2.26. The number of aliphatic hydroxyl groups excluding tert-OH is 1. The fraction of sp³-hybridized carbons (Fsp3) is 0.429. The number of carbonyl (C=O) groups is 1. The van der Waals surface area contributed by atoms with Gasteiger partial charge in [-0.3, -0.25) is 9.78 Å². The van der Waals surface area contributed by atoms with Crippen molar-refractivity contribution in [3.05, 3.63) is 28.7 Å². The van der Waals surface area contributed by atoms with Gasteiger partial charge in [0.15, 0.2) is 5.58 Å². The normalized spacial score (nSPS) is 22.9. The van der Waals surface area contributed by atoms with Crippen molar-refractivity contribution in [3.63, 3.8) is 0 Å². The Labute approximate surface area is 114 Å². The standard InChI is InChI=1S/C14H16N2O4/c17-10-4-1-8(2-5-10)13(18)15-9-3-6-11-12(7-9)20-14(19)16-11/h3,6-8,10,17H,1-2,4-5H2,(H,15,18)(H,16,19). The molecule has 1 aromatic heterocycles. The highest BCUT2D eigenvalue weighted by molar-refractivity contribution is 5.94. The van der Waals surface area contributed by atoms with E-state index in [0.29, 0.717) is 42.5 Å². The summed E-state index contributed by atoms with van der Waals surface area (Å²) in [5.74, 6) is -0.619. The van der Waals surface area contributed by atoms with Crippen LogP contribution in [-0.2, 0) is 4.79 Å². The van der Waals surface area contributed by atoms with E-state index in [0.717, 1.165) is 0 Å². The first-order chi connectivity index (χ1) is 9.61. The molecule has 0 radical (unpaired) electrons. The first-order valence-electron chi connectivity index (χ1n) is 6.73. The molecule has 0 aliphatic heterocycles. The van der Waals surface area contributed by atoms with E-state index < -0.39 is 5.76 Å². The fourth-order valence-corrected chi connectivity index (χ4v) is 2.61. The van der Waals surface area contributed by atoms with Gasteiger partial charge in [0.05, 0.1) is 11.6 Å². The Bertz CT molecular complexity index is 680. The Kier molecular flexibility index (Phi) is 3.31. The van der Waals surface area contributed by atoms with Crippen molar-refractivity contribution in [3.8, 4) is 0 Å². The van der Waals surface area contributed by atoms with Crippen LogP contribution in [0.4, 0.5) is 5.69 Å². The maximum absolute atomic E-state index is 12.1. The van der Waals surface area contributed by atoms with Crippen molar-refractivity contribution in [1.29, 1.82) is 0 Å². The second-order valence-electron chi connectivity index (χ2n) is 5.22. The number of aromatic nitrogens is 1. The summed E-state index contributed by atoms with van der Waals surface area (Å²) in [7, 11) is 0. The van der Waals surface area contributed by atoms with Crippen LogP contribution >= 0.6 is 0 Å². The molecule has 1 aromatic carbocycles. The zero-order valence-electron chi connectivity index (χ0n) is 10.9. The average Bonchev–Trinajstić information content (AvgIpc) is 2.78. The lowest BCUT2D eigenvalue weighted by atomic mass is 9.87. The summed E-state index contributed by atoms with van der Waals surface area (Å²) < 4.78 is 4.95. The van der Waals surface area contributed by atoms with E-state index in [2.05, 4.69) is 10.3 Å². The van der Waals surface area contributed by atoms with E-state index in [1.165, 1.54) is 0 Å². The van der Waals surface area contributed by atoms with E-state index in [4.69, 9.17) is 4.42 Å². The largest absolute Gasteiger partial charge is 0.417 e. The first kappa shape index (κ1) is 12.9. The molecule has 0 atom stereocenters. The summed E-state index contributed by atoms with van der Waals surface area (Å²) in [5, 5.41) is 12.3. The summed E-state index contributed by atoms with van der Waals surface area (Å²) >= 11 is 0. The predicted molar refractivity (Wildman–Crippen MR) is 73.4 cm³/mol. The maximum atomic E-state index is 12.1. The summed E-state index contributed by atoms with van der Waals surface area (Å²) in [6.07, 6.45) is 2.47. The number of hydrogen-bond donors (Lipinski definition) is 3. The molecular formula is C14H16N2O4. The summed E-state index contributed by atoms with van der Waals surface area (Å²) in [6, 6.07) is 5.05. The third kappa shape index (κ3) is 2.60. The highest BCUT2D eigenvalue weighted by atomic mass is 16.4. The zero-order valence-corrected chi connectivity index (χ0v) is 10.9. The van der Waals surface area contributed by atoms with Gasteiger partial charge in [-0.05, 0) is 37.8 Å². The number of amides is 1. The molecule has 1 heterocycles. The number of aliphatic hydroxyl groups is 1. The predicted octanol–water partition coefficient (Wildman–Crippen LogP) is 1.61. The number of anilines is 1. The Hall–Kier alpha value is -2.08. The van der Waals surface area contributed by atoms with Gasteiger partial charge in [0.25, 0.3) is 0 Å². The van der Waals surface area contributed by atoms with E-state index in [1.807, 2.05) is 0 Å². The monoisotopic (exact) mass is 276 g/mol. The highest BCUT2D eigenvalue weighted by Gasteiger charge is 2.25. The van der Waals surface area contributed by atoms with Crippen molar-refractivity contribution < 1.29 is 14.3 Å². The maximum Gasteiger partial charge on any atom is 0.417 e. The zero-order chi connectivity index (χ0) is 14.1. The molecule has 1 aliphatic carbocycles. The molecule has 6 nitrogen and oxygen atoms in total. The molecular weight excluding hydrogens is 260 g/mol. The van der Waals surface area contributed by atoms with E-state index in [9.17, 15) is 14.7 Å². The average molecular weight is 276 g/mol. The molecule has 0 spiro atoms. The molecule has 1 saturated carbocycles. The summed E-state index contributed by atoms with van der Waals surface area (Å²) in [5.41, 5.74) is 1.64. The van der Waals surface area contributed by atoms with Gasteiger partial charge in [-0.2, -0.15) is 0 Å².